The lowest BCUT2D eigenvalue weighted by molar-refractivity contribution is 0.394. The topological polar surface area (TPSA) is 119 Å². The minimum atomic E-state index is -3.72. The predicted octanol–water partition coefficient (Wildman–Crippen LogP) is 1.91. The van der Waals surface area contributed by atoms with E-state index >= 15 is 0 Å². The van der Waals surface area contributed by atoms with Crippen LogP contribution in [0.3, 0.4) is 0 Å². The molecule has 0 aromatic heterocycles. The molecule has 2 atom stereocenters. The van der Waals surface area contributed by atoms with Crippen molar-refractivity contribution in [3.05, 3.63) is 0 Å². The maximum absolute atomic E-state index is 11.9. The van der Waals surface area contributed by atoms with Gasteiger partial charge in [-0.05, 0) is 41.5 Å². The maximum Gasteiger partial charge on any atom is 0.345 e. The molecule has 7 nitrogen and oxygen atoms in total. The second-order valence-electron chi connectivity index (χ2n) is 6.00. The van der Waals surface area contributed by atoms with Crippen molar-refractivity contribution in [3.63, 3.8) is 0 Å². The smallest absolute Gasteiger partial charge is 0.256 e. The third-order valence-electron chi connectivity index (χ3n) is 1.23. The Hall–Kier alpha value is 0.260. The first-order valence-corrected chi connectivity index (χ1v) is 8.58. The van der Waals surface area contributed by atoms with Gasteiger partial charge >= 0.3 is 15.3 Å². The highest BCUT2D eigenvalue weighted by Gasteiger charge is 2.34. The van der Waals surface area contributed by atoms with E-state index in [4.69, 9.17) is 15.3 Å². The van der Waals surface area contributed by atoms with E-state index in [9.17, 15) is 9.13 Å². The zero-order chi connectivity index (χ0) is 14.1. The molecular formula is C8H24N4O3P2. The molecule has 0 saturated heterocycles. The molecule has 0 bridgehead atoms. The molecule has 0 saturated carbocycles. The molecule has 0 fully saturated rings. The summed E-state index contributed by atoms with van der Waals surface area (Å²) in [5, 5.41) is 5.11. The lowest BCUT2D eigenvalue weighted by Crippen LogP contribution is -2.39. The summed E-state index contributed by atoms with van der Waals surface area (Å²) in [6, 6.07) is 0. The lowest BCUT2D eigenvalue weighted by Gasteiger charge is -2.30. The average molecular weight is 286 g/mol. The number of hydrogen-bond donors (Lipinski definition) is 4. The Morgan fingerprint density at radius 3 is 1.24 bits per heavy atom. The van der Waals surface area contributed by atoms with Crippen molar-refractivity contribution in [2.45, 2.75) is 52.6 Å². The molecule has 104 valence electrons. The second-order valence-corrected chi connectivity index (χ2v) is 9.49. The minimum absolute atomic E-state index is 0.536. The Balaban J connectivity index is 4.72. The molecule has 0 aliphatic heterocycles. The van der Waals surface area contributed by atoms with E-state index in [-0.39, 0.29) is 0 Å². The second kappa shape index (κ2) is 5.10. The third-order valence-corrected chi connectivity index (χ3v) is 5.13. The SMILES string of the molecule is CC(C)(C)NP(N)(=O)OP(N)(=O)NC(C)(C)C. The molecule has 0 rings (SSSR count). The molecule has 9 heteroatoms. The highest BCUT2D eigenvalue weighted by molar-refractivity contribution is 7.67. The van der Waals surface area contributed by atoms with Crippen molar-refractivity contribution < 1.29 is 13.4 Å². The van der Waals surface area contributed by atoms with Crippen LogP contribution in [0.25, 0.3) is 0 Å². The zero-order valence-electron chi connectivity index (χ0n) is 11.3. The summed E-state index contributed by atoms with van der Waals surface area (Å²) in [4.78, 5) is 0. The van der Waals surface area contributed by atoms with Gasteiger partial charge in [0.25, 0.3) is 0 Å². The number of nitrogens with one attached hydrogen (secondary N) is 2. The van der Waals surface area contributed by atoms with Crippen molar-refractivity contribution >= 4 is 15.3 Å². The summed E-state index contributed by atoms with van der Waals surface area (Å²) in [7, 11) is -7.44. The van der Waals surface area contributed by atoms with Crippen LogP contribution in [0.15, 0.2) is 0 Å². The molecule has 17 heavy (non-hydrogen) atoms. The van der Waals surface area contributed by atoms with E-state index in [2.05, 4.69) is 10.2 Å². The molecule has 0 radical (unpaired) electrons. The van der Waals surface area contributed by atoms with Crippen LogP contribution in [0, 0.1) is 0 Å². The molecule has 0 aromatic carbocycles. The highest BCUT2D eigenvalue weighted by atomic mass is 31.3. The average Bonchev–Trinajstić information content (AvgIpc) is 1.65. The van der Waals surface area contributed by atoms with Crippen LogP contribution >= 0.6 is 15.3 Å². The summed E-state index contributed by atoms with van der Waals surface area (Å²) in [6.45, 7) is 10.6. The van der Waals surface area contributed by atoms with Gasteiger partial charge < -0.3 is 0 Å². The predicted molar refractivity (Wildman–Crippen MR) is 70.5 cm³/mol. The van der Waals surface area contributed by atoms with Crippen LogP contribution in [0.1, 0.15) is 41.5 Å². The standard InChI is InChI=1S/C8H24N4O3P2/c1-7(2,3)11-16(9,13)15-17(10,14)12-8(4,5)6/h1-6H3,(H3,9,11,13)(H3,10,12,14). The molecule has 2 unspecified atom stereocenters. The van der Waals surface area contributed by atoms with E-state index < -0.39 is 26.4 Å². The van der Waals surface area contributed by atoms with E-state index in [1.165, 1.54) is 0 Å². The summed E-state index contributed by atoms with van der Waals surface area (Å²) in [5.41, 5.74) is 9.80. The van der Waals surface area contributed by atoms with Gasteiger partial charge in [-0.2, -0.15) is 0 Å². The van der Waals surface area contributed by atoms with Crippen molar-refractivity contribution in [1.82, 2.24) is 10.2 Å². The first-order valence-electron chi connectivity index (χ1n) is 5.19. The third kappa shape index (κ3) is 9.92. The molecule has 0 spiro atoms. The Labute approximate surface area is 103 Å². The van der Waals surface area contributed by atoms with E-state index in [0.29, 0.717) is 0 Å². The summed E-state index contributed by atoms with van der Waals surface area (Å²) < 4.78 is 28.6. The van der Waals surface area contributed by atoms with E-state index in [1.807, 2.05) is 0 Å². The van der Waals surface area contributed by atoms with Crippen molar-refractivity contribution in [3.8, 4) is 0 Å². The molecule has 6 N–H and O–H groups in total. The Morgan fingerprint density at radius 1 is 0.824 bits per heavy atom. The van der Waals surface area contributed by atoms with Crippen molar-refractivity contribution in [2.75, 3.05) is 0 Å². The Morgan fingerprint density at radius 2 is 1.06 bits per heavy atom. The fourth-order valence-corrected chi connectivity index (χ4v) is 4.79. The first kappa shape index (κ1) is 17.3. The summed E-state index contributed by atoms with van der Waals surface area (Å²) in [5.74, 6) is 0. The highest BCUT2D eigenvalue weighted by Crippen LogP contribution is 2.51. The van der Waals surface area contributed by atoms with Crippen molar-refractivity contribution in [2.24, 2.45) is 11.0 Å². The number of rotatable bonds is 4. The number of nitrogens with two attached hydrogens (primary N) is 2. The van der Waals surface area contributed by atoms with Crippen LogP contribution < -0.4 is 21.2 Å². The summed E-state index contributed by atoms with van der Waals surface area (Å²) in [6.07, 6.45) is 0. The quantitative estimate of drug-likeness (QED) is 0.583. The molecule has 0 aromatic rings. The van der Waals surface area contributed by atoms with Gasteiger partial charge in [0.2, 0.25) is 0 Å². The fourth-order valence-electron chi connectivity index (χ4n) is 1.16. The minimum Gasteiger partial charge on any atom is -0.256 e. The van der Waals surface area contributed by atoms with Gasteiger partial charge in [0, 0.05) is 11.1 Å². The van der Waals surface area contributed by atoms with Gasteiger partial charge in [-0.3, -0.25) is 9.13 Å². The van der Waals surface area contributed by atoms with Crippen LogP contribution in [-0.2, 0) is 13.4 Å². The van der Waals surface area contributed by atoms with Gasteiger partial charge in [-0.25, -0.2) is 25.5 Å². The Kier molecular flexibility index (Phi) is 5.17. The fraction of sp³-hybridized carbons (Fsp3) is 1.00. The number of hydrogen-bond acceptors (Lipinski definition) is 3. The van der Waals surface area contributed by atoms with Crippen molar-refractivity contribution in [1.29, 1.82) is 0 Å². The van der Waals surface area contributed by atoms with Gasteiger partial charge in [-0.15, -0.1) is 0 Å². The lowest BCUT2D eigenvalue weighted by atomic mass is 10.1. The van der Waals surface area contributed by atoms with E-state index in [1.54, 1.807) is 41.5 Å². The summed E-state index contributed by atoms with van der Waals surface area (Å²) >= 11 is 0. The van der Waals surface area contributed by atoms with E-state index in [0.717, 1.165) is 0 Å². The maximum atomic E-state index is 11.9. The van der Waals surface area contributed by atoms with Gasteiger partial charge in [0.1, 0.15) is 0 Å². The van der Waals surface area contributed by atoms with Crippen LogP contribution in [-0.4, -0.2) is 11.1 Å². The van der Waals surface area contributed by atoms with Gasteiger partial charge in [-0.1, -0.05) is 0 Å². The monoisotopic (exact) mass is 286 g/mol. The molecule has 0 amide bonds. The van der Waals surface area contributed by atoms with Crippen LogP contribution in [0.5, 0.6) is 0 Å². The molecule has 0 aliphatic rings. The zero-order valence-corrected chi connectivity index (χ0v) is 13.1. The van der Waals surface area contributed by atoms with Gasteiger partial charge in [0.15, 0.2) is 0 Å². The molecule has 0 aliphatic carbocycles. The first-order chi connectivity index (χ1) is 7.12. The van der Waals surface area contributed by atoms with Crippen LogP contribution in [0.2, 0.25) is 0 Å². The van der Waals surface area contributed by atoms with Gasteiger partial charge in [0.05, 0.1) is 0 Å². The molecule has 0 heterocycles. The molecular weight excluding hydrogens is 262 g/mol. The largest absolute Gasteiger partial charge is 0.345 e. The Bertz CT molecular complexity index is 325. The van der Waals surface area contributed by atoms with Crippen LogP contribution in [0.4, 0.5) is 0 Å². The normalized spacial score (nSPS) is 20.7.